The summed E-state index contributed by atoms with van der Waals surface area (Å²) in [6.07, 6.45) is 1.10. The molecule has 1 fully saturated rings. The maximum atomic E-state index is 13.1. The Morgan fingerprint density at radius 2 is 1.54 bits per heavy atom. The first-order valence-corrected chi connectivity index (χ1v) is 15.2. The zero-order valence-electron chi connectivity index (χ0n) is 23.2. The molecule has 0 aromatic heterocycles. The molecule has 3 nitrogen and oxygen atoms in total. The molecule has 192 valence electrons. The van der Waals surface area contributed by atoms with Crippen molar-refractivity contribution in [2.24, 2.45) is 5.41 Å². The van der Waals surface area contributed by atoms with Gasteiger partial charge in [-0.2, -0.15) is 0 Å². The van der Waals surface area contributed by atoms with Crippen LogP contribution in [0.5, 0.6) is 0 Å². The fourth-order valence-corrected chi connectivity index (χ4v) is 8.68. The van der Waals surface area contributed by atoms with Crippen LogP contribution in [0, 0.1) is 5.41 Å². The number of methoxy groups -OCH3 is 1. The molecule has 35 heavy (non-hydrogen) atoms. The monoisotopic (exact) mass is 543 g/mol. The van der Waals surface area contributed by atoms with E-state index in [4.69, 9.17) is 4.74 Å². The van der Waals surface area contributed by atoms with Crippen LogP contribution in [0.4, 0.5) is 0 Å². The van der Waals surface area contributed by atoms with Gasteiger partial charge in [-0.25, -0.2) is 0 Å². The molecular formula is C31H45NO2Se. The average molecular weight is 543 g/mol. The second kappa shape index (κ2) is 11.6. The first-order chi connectivity index (χ1) is 16.4. The molecule has 1 aliphatic heterocycles. The van der Waals surface area contributed by atoms with E-state index in [1.165, 1.54) is 23.8 Å². The Morgan fingerprint density at radius 1 is 0.971 bits per heavy atom. The Kier molecular flexibility index (Phi) is 9.29. The number of benzene rings is 2. The van der Waals surface area contributed by atoms with Crippen molar-refractivity contribution in [1.82, 2.24) is 4.90 Å². The van der Waals surface area contributed by atoms with Gasteiger partial charge in [0, 0.05) is 0 Å². The summed E-state index contributed by atoms with van der Waals surface area (Å²) < 4.78 is 6.91. The van der Waals surface area contributed by atoms with Crippen LogP contribution in [0.3, 0.4) is 0 Å². The van der Waals surface area contributed by atoms with Gasteiger partial charge in [0.1, 0.15) is 0 Å². The van der Waals surface area contributed by atoms with Crippen molar-refractivity contribution in [3.63, 3.8) is 0 Å². The van der Waals surface area contributed by atoms with E-state index in [2.05, 4.69) is 84.6 Å². The topological polar surface area (TPSA) is 29.5 Å². The number of esters is 1. The van der Waals surface area contributed by atoms with Gasteiger partial charge in [0.05, 0.1) is 0 Å². The Morgan fingerprint density at radius 3 is 2.03 bits per heavy atom. The number of hydrogen-bond donors (Lipinski definition) is 0. The van der Waals surface area contributed by atoms with Gasteiger partial charge in [0.25, 0.3) is 0 Å². The van der Waals surface area contributed by atoms with E-state index >= 15 is 0 Å². The van der Waals surface area contributed by atoms with Gasteiger partial charge < -0.3 is 0 Å². The fourth-order valence-electron chi connectivity index (χ4n) is 5.35. The van der Waals surface area contributed by atoms with E-state index in [1.807, 2.05) is 18.2 Å². The minimum absolute atomic E-state index is 0.154. The molecule has 1 heterocycles. The van der Waals surface area contributed by atoms with Gasteiger partial charge in [0.15, 0.2) is 0 Å². The molecule has 0 amide bonds. The summed E-state index contributed by atoms with van der Waals surface area (Å²) in [6, 6.07) is 15.1. The Hall–Kier alpha value is -1.61. The van der Waals surface area contributed by atoms with Crippen molar-refractivity contribution in [1.29, 1.82) is 0 Å². The third-order valence-electron chi connectivity index (χ3n) is 7.24. The van der Waals surface area contributed by atoms with Crippen LogP contribution in [0.25, 0.3) is 0 Å². The van der Waals surface area contributed by atoms with E-state index in [1.54, 1.807) is 4.46 Å². The first-order valence-electron chi connectivity index (χ1n) is 13.1. The molecule has 0 radical (unpaired) electrons. The van der Waals surface area contributed by atoms with E-state index in [9.17, 15) is 4.79 Å². The number of nitrogens with zero attached hydrogens (tertiary/aromatic N) is 1. The second-order valence-corrected chi connectivity index (χ2v) is 14.0. The average Bonchev–Trinajstić information content (AvgIpc) is 3.11. The number of ether oxygens (including phenoxy) is 1. The number of hydrogen-bond acceptors (Lipinski definition) is 3. The molecule has 1 aliphatic rings. The predicted octanol–water partition coefficient (Wildman–Crippen LogP) is 6.82. The summed E-state index contributed by atoms with van der Waals surface area (Å²) in [7, 11) is 1.51. The quantitative estimate of drug-likeness (QED) is 0.257. The molecule has 0 aliphatic carbocycles. The summed E-state index contributed by atoms with van der Waals surface area (Å²) in [5, 5.41) is 1.11. The molecule has 0 N–H and O–H groups in total. The number of carbonyl (C=O) groups is 1. The van der Waals surface area contributed by atoms with Crippen LogP contribution < -0.4 is 4.46 Å². The van der Waals surface area contributed by atoms with Gasteiger partial charge in [-0.1, -0.05) is 0 Å². The van der Waals surface area contributed by atoms with Crippen molar-refractivity contribution in [3.8, 4) is 0 Å². The molecular weight excluding hydrogens is 497 g/mol. The van der Waals surface area contributed by atoms with Crippen molar-refractivity contribution in [2.45, 2.75) is 97.0 Å². The van der Waals surface area contributed by atoms with Crippen LogP contribution in [0.15, 0.2) is 42.5 Å². The molecule has 0 saturated carbocycles. The van der Waals surface area contributed by atoms with E-state index in [0.29, 0.717) is 38.8 Å². The summed E-state index contributed by atoms with van der Waals surface area (Å²) >= 11 is 0.329. The van der Waals surface area contributed by atoms with Crippen LogP contribution in [0.2, 0.25) is 5.32 Å². The first kappa shape index (κ1) is 28.0. The second-order valence-electron chi connectivity index (χ2n) is 11.8. The standard InChI is InChI=1S/C31H45NO2Se/c1-20(2)24-15-26(21(3)4)29(27(16-24)22(5)6)35-18-25-17-31(7,8)19-32(25)28(30(33)34-9)23-13-11-10-12-14-23/h10-16,20-22,25,28H,17-19H2,1-9H3/t25-,28+/m0/s1. The van der Waals surface area contributed by atoms with Crippen LogP contribution in [0.1, 0.15) is 108 Å². The molecule has 2 aromatic carbocycles. The molecule has 1 saturated heterocycles. The maximum absolute atomic E-state index is 13.1. The van der Waals surface area contributed by atoms with Crippen molar-refractivity contribution in [2.75, 3.05) is 13.7 Å². The molecule has 2 atom stereocenters. The predicted molar refractivity (Wildman–Crippen MR) is 149 cm³/mol. The van der Waals surface area contributed by atoms with Gasteiger partial charge in [-0.3, -0.25) is 0 Å². The van der Waals surface area contributed by atoms with Gasteiger partial charge in [0.2, 0.25) is 0 Å². The Balaban J connectivity index is 1.97. The summed E-state index contributed by atoms with van der Waals surface area (Å²) in [5.41, 5.74) is 5.70. The molecule has 0 spiro atoms. The zero-order valence-corrected chi connectivity index (χ0v) is 24.9. The summed E-state index contributed by atoms with van der Waals surface area (Å²) in [5.74, 6) is 1.39. The normalized spacial score (nSPS) is 19.0. The van der Waals surface area contributed by atoms with Gasteiger partial charge in [-0.15, -0.1) is 0 Å². The third-order valence-corrected chi connectivity index (χ3v) is 9.99. The van der Waals surface area contributed by atoms with Crippen molar-refractivity contribution in [3.05, 3.63) is 64.7 Å². The van der Waals surface area contributed by atoms with Crippen molar-refractivity contribution < 1.29 is 9.53 Å². The number of carbonyl (C=O) groups excluding carboxylic acids is 1. The van der Waals surface area contributed by atoms with Crippen LogP contribution >= 0.6 is 0 Å². The van der Waals surface area contributed by atoms with Crippen LogP contribution in [-0.4, -0.2) is 45.5 Å². The molecule has 0 bridgehead atoms. The SMILES string of the molecule is COC(=O)[C@@H](c1ccccc1)N1CC(C)(C)C[C@H]1C[Se]c1c(C(C)C)cc(C(C)C)cc1C(C)C. The summed E-state index contributed by atoms with van der Waals surface area (Å²) in [4.78, 5) is 15.5. The summed E-state index contributed by atoms with van der Waals surface area (Å²) in [6.45, 7) is 19.5. The van der Waals surface area contributed by atoms with Crippen LogP contribution in [-0.2, 0) is 9.53 Å². The molecule has 3 rings (SSSR count). The van der Waals surface area contributed by atoms with Gasteiger partial charge >= 0.3 is 221 Å². The number of rotatable bonds is 9. The minimum atomic E-state index is -0.346. The molecule has 0 unspecified atom stereocenters. The Labute approximate surface area is 220 Å². The Bertz CT molecular complexity index is 967. The van der Waals surface area contributed by atoms with E-state index in [-0.39, 0.29) is 17.4 Å². The van der Waals surface area contributed by atoms with Gasteiger partial charge in [-0.05, 0) is 0 Å². The van der Waals surface area contributed by atoms with Crippen molar-refractivity contribution >= 4 is 25.4 Å². The zero-order chi connectivity index (χ0) is 25.9. The fraction of sp³-hybridized carbons (Fsp3) is 0.581. The van der Waals surface area contributed by atoms with E-state index in [0.717, 1.165) is 23.8 Å². The molecule has 2 aromatic rings. The number of likely N-dealkylation sites (tertiary alicyclic amines) is 1. The molecule has 4 heteroatoms. The van der Waals surface area contributed by atoms with E-state index < -0.39 is 0 Å². The third kappa shape index (κ3) is 6.59.